The van der Waals surface area contributed by atoms with E-state index in [0.29, 0.717) is 23.2 Å². The number of aldehydes is 1. The van der Waals surface area contributed by atoms with Crippen molar-refractivity contribution in [3.8, 4) is 22.5 Å². The van der Waals surface area contributed by atoms with Crippen LogP contribution in [0.4, 0.5) is 8.78 Å². The molecule has 0 unspecified atom stereocenters. The second-order valence-electron chi connectivity index (χ2n) is 5.16. The van der Waals surface area contributed by atoms with Gasteiger partial charge in [-0.1, -0.05) is 12.1 Å². The molecule has 4 nitrogen and oxygen atoms in total. The number of hydrogen-bond acceptors (Lipinski definition) is 3. The van der Waals surface area contributed by atoms with Crippen molar-refractivity contribution in [1.29, 1.82) is 0 Å². The third kappa shape index (κ3) is 2.96. The van der Waals surface area contributed by atoms with E-state index < -0.39 is 5.82 Å². The lowest BCUT2D eigenvalue weighted by Crippen LogP contribution is -2.04. The molecule has 0 N–H and O–H groups in total. The van der Waals surface area contributed by atoms with E-state index in [2.05, 4.69) is 5.10 Å². The van der Waals surface area contributed by atoms with Gasteiger partial charge in [0.1, 0.15) is 18.4 Å². The SMILES string of the molecule is COCn1nc(-c2c(F)cccc2C=O)cc1-c1ccc(F)cc1. The second-order valence-corrected chi connectivity index (χ2v) is 5.16. The van der Waals surface area contributed by atoms with Crippen molar-refractivity contribution in [3.05, 3.63) is 65.7 Å². The summed E-state index contributed by atoms with van der Waals surface area (Å²) in [6.45, 7) is 0.136. The molecule has 1 heterocycles. The Kier molecular flexibility index (Phi) is 4.48. The zero-order chi connectivity index (χ0) is 17.1. The van der Waals surface area contributed by atoms with Crippen LogP contribution in [-0.4, -0.2) is 23.2 Å². The second kappa shape index (κ2) is 6.72. The zero-order valence-electron chi connectivity index (χ0n) is 12.9. The van der Waals surface area contributed by atoms with Crippen LogP contribution in [0.3, 0.4) is 0 Å². The first-order chi connectivity index (χ1) is 11.6. The van der Waals surface area contributed by atoms with E-state index in [1.54, 1.807) is 18.2 Å². The maximum absolute atomic E-state index is 14.2. The molecule has 0 saturated carbocycles. The van der Waals surface area contributed by atoms with Crippen LogP contribution in [0.2, 0.25) is 0 Å². The van der Waals surface area contributed by atoms with Crippen molar-refractivity contribution in [2.24, 2.45) is 0 Å². The summed E-state index contributed by atoms with van der Waals surface area (Å²) < 4.78 is 34.0. The van der Waals surface area contributed by atoms with Gasteiger partial charge in [0.2, 0.25) is 0 Å². The van der Waals surface area contributed by atoms with Crippen LogP contribution in [0.1, 0.15) is 10.4 Å². The van der Waals surface area contributed by atoms with E-state index in [4.69, 9.17) is 4.74 Å². The standard InChI is InChI=1S/C18H14F2N2O2/c1-24-11-22-17(12-5-7-14(19)8-6-12)9-16(21-22)18-13(10-23)3-2-4-15(18)20/h2-10H,11H2,1H3. The molecule has 6 heteroatoms. The molecule has 0 radical (unpaired) electrons. The minimum Gasteiger partial charge on any atom is -0.362 e. The Morgan fingerprint density at radius 3 is 2.58 bits per heavy atom. The lowest BCUT2D eigenvalue weighted by Gasteiger charge is -2.06. The molecule has 3 rings (SSSR count). The summed E-state index contributed by atoms with van der Waals surface area (Å²) in [7, 11) is 1.51. The highest BCUT2D eigenvalue weighted by Crippen LogP contribution is 2.30. The summed E-state index contributed by atoms with van der Waals surface area (Å²) in [6.07, 6.45) is 0.589. The van der Waals surface area contributed by atoms with Gasteiger partial charge in [-0.2, -0.15) is 5.10 Å². The average molecular weight is 328 g/mol. The Labute approximate surface area is 137 Å². The molecule has 0 atom stereocenters. The molecular weight excluding hydrogens is 314 g/mol. The van der Waals surface area contributed by atoms with E-state index in [-0.39, 0.29) is 23.7 Å². The molecule has 0 fully saturated rings. The Hall–Kier alpha value is -2.86. The first kappa shape index (κ1) is 16.0. The van der Waals surface area contributed by atoms with E-state index in [1.807, 2.05) is 0 Å². The summed E-state index contributed by atoms with van der Waals surface area (Å²) in [5.74, 6) is -0.888. The molecule has 0 aliphatic carbocycles. The van der Waals surface area contributed by atoms with Crippen LogP contribution in [0.5, 0.6) is 0 Å². The van der Waals surface area contributed by atoms with Gasteiger partial charge in [-0.3, -0.25) is 4.79 Å². The lowest BCUT2D eigenvalue weighted by molar-refractivity contribution is 0.112. The fourth-order valence-corrected chi connectivity index (χ4v) is 2.52. The van der Waals surface area contributed by atoms with Crippen molar-refractivity contribution in [2.45, 2.75) is 6.73 Å². The third-order valence-electron chi connectivity index (χ3n) is 3.60. The Morgan fingerprint density at radius 1 is 1.17 bits per heavy atom. The molecule has 2 aromatic carbocycles. The zero-order valence-corrected chi connectivity index (χ0v) is 12.9. The van der Waals surface area contributed by atoms with Crippen molar-refractivity contribution in [3.63, 3.8) is 0 Å². The minimum atomic E-state index is -0.535. The first-order valence-corrected chi connectivity index (χ1v) is 7.21. The van der Waals surface area contributed by atoms with Gasteiger partial charge in [-0.25, -0.2) is 13.5 Å². The number of hydrogen-bond donors (Lipinski definition) is 0. The highest BCUT2D eigenvalue weighted by molar-refractivity contribution is 5.87. The number of halogens is 2. The van der Waals surface area contributed by atoms with Gasteiger partial charge < -0.3 is 4.74 Å². The monoisotopic (exact) mass is 328 g/mol. The largest absolute Gasteiger partial charge is 0.362 e. The normalized spacial score (nSPS) is 10.8. The molecule has 0 amide bonds. The van der Waals surface area contributed by atoms with Crippen molar-refractivity contribution in [2.75, 3.05) is 7.11 Å². The van der Waals surface area contributed by atoms with E-state index >= 15 is 0 Å². The lowest BCUT2D eigenvalue weighted by atomic mass is 10.0. The number of aromatic nitrogens is 2. The van der Waals surface area contributed by atoms with Crippen LogP contribution >= 0.6 is 0 Å². The molecule has 0 aliphatic heterocycles. The first-order valence-electron chi connectivity index (χ1n) is 7.21. The van der Waals surface area contributed by atoms with E-state index in [9.17, 15) is 13.6 Å². The van der Waals surface area contributed by atoms with Gasteiger partial charge in [0.25, 0.3) is 0 Å². The fraction of sp³-hybridized carbons (Fsp3) is 0.111. The van der Waals surface area contributed by atoms with Gasteiger partial charge in [-0.15, -0.1) is 0 Å². The van der Waals surface area contributed by atoms with E-state index in [1.165, 1.54) is 42.1 Å². The van der Waals surface area contributed by atoms with Crippen LogP contribution in [0.25, 0.3) is 22.5 Å². The maximum Gasteiger partial charge on any atom is 0.150 e. The van der Waals surface area contributed by atoms with Gasteiger partial charge in [-0.05, 0) is 36.4 Å². The summed E-state index contributed by atoms with van der Waals surface area (Å²) in [4.78, 5) is 11.2. The van der Waals surface area contributed by atoms with Crippen molar-refractivity contribution < 1.29 is 18.3 Å². The van der Waals surface area contributed by atoms with Crippen molar-refractivity contribution in [1.82, 2.24) is 9.78 Å². The van der Waals surface area contributed by atoms with Crippen molar-refractivity contribution >= 4 is 6.29 Å². The predicted molar refractivity (Wildman–Crippen MR) is 85.4 cm³/mol. The van der Waals surface area contributed by atoms with Gasteiger partial charge in [0.05, 0.1) is 11.4 Å². The number of methoxy groups -OCH3 is 1. The van der Waals surface area contributed by atoms with Crippen LogP contribution < -0.4 is 0 Å². The molecular formula is C18H14F2N2O2. The quantitative estimate of drug-likeness (QED) is 0.667. The average Bonchev–Trinajstić information content (AvgIpc) is 2.99. The molecule has 1 aromatic heterocycles. The number of nitrogens with zero attached hydrogens (tertiary/aromatic N) is 2. The topological polar surface area (TPSA) is 44.1 Å². The number of benzene rings is 2. The molecule has 0 saturated heterocycles. The fourth-order valence-electron chi connectivity index (χ4n) is 2.52. The van der Waals surface area contributed by atoms with E-state index in [0.717, 1.165) is 0 Å². The van der Waals surface area contributed by atoms with Crippen LogP contribution in [0, 0.1) is 11.6 Å². The summed E-state index contributed by atoms with van der Waals surface area (Å²) in [6, 6.07) is 11.8. The number of ether oxygens (including phenoxy) is 1. The summed E-state index contributed by atoms with van der Waals surface area (Å²) in [5, 5.41) is 4.34. The maximum atomic E-state index is 14.2. The molecule has 3 aromatic rings. The van der Waals surface area contributed by atoms with Gasteiger partial charge in [0, 0.05) is 23.8 Å². The highest BCUT2D eigenvalue weighted by atomic mass is 19.1. The van der Waals surface area contributed by atoms with Gasteiger partial charge in [0.15, 0.2) is 6.29 Å². The third-order valence-corrected chi connectivity index (χ3v) is 3.60. The molecule has 24 heavy (non-hydrogen) atoms. The summed E-state index contributed by atoms with van der Waals surface area (Å²) in [5.41, 5.74) is 1.99. The van der Waals surface area contributed by atoms with Crippen LogP contribution in [0.15, 0.2) is 48.5 Å². The highest BCUT2D eigenvalue weighted by Gasteiger charge is 2.17. The number of carbonyl (C=O) groups excluding carboxylic acids is 1. The Balaban J connectivity index is 2.16. The molecule has 122 valence electrons. The Bertz CT molecular complexity index is 873. The summed E-state index contributed by atoms with van der Waals surface area (Å²) >= 11 is 0. The Morgan fingerprint density at radius 2 is 1.92 bits per heavy atom. The molecule has 0 bridgehead atoms. The smallest absolute Gasteiger partial charge is 0.150 e. The van der Waals surface area contributed by atoms with Gasteiger partial charge >= 0.3 is 0 Å². The van der Waals surface area contributed by atoms with Crippen LogP contribution in [-0.2, 0) is 11.5 Å². The molecule has 0 spiro atoms. The predicted octanol–water partition coefficient (Wildman–Crippen LogP) is 3.91. The minimum absolute atomic E-state index is 0.130. The number of carbonyl (C=O) groups is 1. The molecule has 0 aliphatic rings. The number of rotatable bonds is 5.